The minimum Gasteiger partial charge on any atom is -0.348 e. The normalized spacial score (nSPS) is 11.6. The number of nitrogens with one attached hydrogen (secondary N) is 1. The van der Waals surface area contributed by atoms with E-state index in [1.807, 2.05) is 113 Å². The van der Waals surface area contributed by atoms with Gasteiger partial charge in [0.25, 0.3) is 5.91 Å². The Hall–Kier alpha value is -3.31. The number of rotatable bonds is 7. The van der Waals surface area contributed by atoms with Crippen LogP contribution in [0.1, 0.15) is 49.2 Å². The third-order valence-electron chi connectivity index (χ3n) is 5.38. The smallest absolute Gasteiger partial charge is 0.252 e. The molecule has 1 amide bonds. The van der Waals surface area contributed by atoms with Crippen LogP contribution in [0, 0.1) is 0 Å². The fourth-order valence-corrected chi connectivity index (χ4v) is 4.56. The van der Waals surface area contributed by atoms with E-state index in [1.54, 1.807) is 0 Å². The lowest BCUT2D eigenvalue weighted by atomic mass is 9.97. The van der Waals surface area contributed by atoms with Gasteiger partial charge in [-0.2, -0.15) is 0 Å². The Morgan fingerprint density at radius 1 is 0.882 bits per heavy atom. The summed E-state index contributed by atoms with van der Waals surface area (Å²) >= 11 is 0. The summed E-state index contributed by atoms with van der Waals surface area (Å²) in [4.78, 5) is 18.5. The average molecular weight is 473 g/mol. The molecule has 1 aromatic heterocycles. The van der Waals surface area contributed by atoms with Gasteiger partial charge in [-0.25, -0.2) is 4.98 Å². The number of carbonyl (C=O) groups excluding carboxylic acids is 1. The molecular weight excluding hydrogens is 440 g/mol. The number of hydrogen-bond donors (Lipinski definition) is 1. The van der Waals surface area contributed by atoms with Crippen molar-refractivity contribution in [2.75, 3.05) is 0 Å². The van der Waals surface area contributed by atoms with Gasteiger partial charge in [-0.15, -0.1) is 0 Å². The molecule has 0 fully saturated rings. The van der Waals surface area contributed by atoms with Crippen LogP contribution in [0.5, 0.6) is 0 Å². The van der Waals surface area contributed by atoms with Gasteiger partial charge in [0.1, 0.15) is 0 Å². The van der Waals surface area contributed by atoms with Gasteiger partial charge in [0.05, 0.1) is 22.5 Å². The number of carbonyl (C=O) groups is 1. The van der Waals surface area contributed by atoms with E-state index in [2.05, 4.69) is 5.32 Å². The zero-order valence-electron chi connectivity index (χ0n) is 20.2. The lowest BCUT2D eigenvalue weighted by molar-refractivity contribution is 0.0952. The first-order valence-corrected chi connectivity index (χ1v) is 13.1. The fraction of sp³-hybridized carbons (Fsp3) is 0.241. The van der Waals surface area contributed by atoms with E-state index >= 15 is 0 Å². The molecule has 1 heterocycles. The van der Waals surface area contributed by atoms with Crippen LogP contribution in [-0.4, -0.2) is 20.3 Å². The minimum atomic E-state index is -1.14. The maximum Gasteiger partial charge on any atom is 0.252 e. The van der Waals surface area contributed by atoms with Crippen molar-refractivity contribution < 1.29 is 9.00 Å². The van der Waals surface area contributed by atoms with E-state index in [0.29, 0.717) is 17.8 Å². The minimum absolute atomic E-state index is 0.0228. The van der Waals surface area contributed by atoms with Gasteiger partial charge in [0, 0.05) is 39.1 Å². The molecule has 1 N–H and O–H groups in total. The van der Waals surface area contributed by atoms with Crippen LogP contribution in [-0.2, 0) is 23.1 Å². The molecule has 1 atom stereocenters. The zero-order valence-corrected chi connectivity index (χ0v) is 21.1. The molecule has 3 aromatic carbocycles. The molecule has 4 aromatic rings. The SMILES string of the molecule is CC.CC(C)S(=O)Cc1c(-c2ccccc2)nc2ccccc2c1C(=O)NCc1ccccc1. The molecule has 0 aliphatic heterocycles. The van der Waals surface area contributed by atoms with Gasteiger partial charge < -0.3 is 5.32 Å². The summed E-state index contributed by atoms with van der Waals surface area (Å²) in [7, 11) is -1.14. The predicted molar refractivity (Wildman–Crippen MR) is 143 cm³/mol. The monoisotopic (exact) mass is 472 g/mol. The molecule has 4 rings (SSSR count). The first-order chi connectivity index (χ1) is 16.5. The summed E-state index contributed by atoms with van der Waals surface area (Å²) in [6.07, 6.45) is 0. The number of fused-ring (bicyclic) bond motifs is 1. The molecule has 0 saturated heterocycles. The van der Waals surface area contributed by atoms with Crippen molar-refractivity contribution in [3.8, 4) is 11.3 Å². The first-order valence-electron chi connectivity index (χ1n) is 11.7. The Bertz CT molecular complexity index is 1260. The van der Waals surface area contributed by atoms with E-state index in [-0.39, 0.29) is 16.9 Å². The maximum absolute atomic E-state index is 13.5. The Labute approximate surface area is 204 Å². The highest BCUT2D eigenvalue weighted by Gasteiger charge is 2.23. The number of nitrogens with zero attached hydrogens (tertiary/aromatic N) is 1. The highest BCUT2D eigenvalue weighted by molar-refractivity contribution is 7.84. The van der Waals surface area contributed by atoms with Crippen LogP contribution in [0.15, 0.2) is 84.9 Å². The van der Waals surface area contributed by atoms with E-state index in [4.69, 9.17) is 4.98 Å². The first kappa shape index (κ1) is 25.3. The molecule has 0 saturated carbocycles. The van der Waals surface area contributed by atoms with E-state index < -0.39 is 10.8 Å². The van der Waals surface area contributed by atoms with Crippen molar-refractivity contribution in [1.82, 2.24) is 10.3 Å². The van der Waals surface area contributed by atoms with Gasteiger partial charge in [-0.05, 0) is 11.6 Å². The molecule has 0 spiro atoms. The van der Waals surface area contributed by atoms with E-state index in [1.165, 1.54) is 0 Å². The molecule has 176 valence electrons. The highest BCUT2D eigenvalue weighted by atomic mass is 32.2. The molecular formula is C29H32N2O2S. The molecule has 0 aliphatic rings. The van der Waals surface area contributed by atoms with Gasteiger partial charge in [0.2, 0.25) is 0 Å². The lowest BCUT2D eigenvalue weighted by Crippen LogP contribution is -2.25. The predicted octanol–water partition coefficient (Wildman–Crippen LogP) is 6.52. The Morgan fingerprint density at radius 3 is 2.12 bits per heavy atom. The quantitative estimate of drug-likeness (QED) is 0.333. The Morgan fingerprint density at radius 2 is 1.47 bits per heavy atom. The van der Waals surface area contributed by atoms with Gasteiger partial charge in [0.15, 0.2) is 0 Å². The largest absolute Gasteiger partial charge is 0.348 e. The van der Waals surface area contributed by atoms with Crippen molar-refractivity contribution >= 4 is 27.6 Å². The van der Waals surface area contributed by atoms with E-state index in [9.17, 15) is 9.00 Å². The summed E-state index contributed by atoms with van der Waals surface area (Å²) in [5.74, 6) is 0.0915. The van der Waals surface area contributed by atoms with Crippen LogP contribution in [0.3, 0.4) is 0 Å². The number of aromatic nitrogens is 1. The number of amides is 1. The van der Waals surface area contributed by atoms with Crippen LogP contribution < -0.4 is 5.32 Å². The van der Waals surface area contributed by atoms with Crippen molar-refractivity contribution in [1.29, 1.82) is 0 Å². The van der Waals surface area contributed by atoms with Gasteiger partial charge >= 0.3 is 0 Å². The lowest BCUT2D eigenvalue weighted by Gasteiger charge is -2.18. The number of pyridine rings is 1. The molecule has 4 nitrogen and oxygen atoms in total. The van der Waals surface area contributed by atoms with Crippen LogP contribution >= 0.6 is 0 Å². The van der Waals surface area contributed by atoms with Gasteiger partial charge in [-0.3, -0.25) is 9.00 Å². The van der Waals surface area contributed by atoms with Crippen molar-refractivity contribution in [2.24, 2.45) is 0 Å². The second-order valence-corrected chi connectivity index (χ2v) is 9.93. The summed E-state index contributed by atoms with van der Waals surface area (Å²) < 4.78 is 12.9. The van der Waals surface area contributed by atoms with Gasteiger partial charge in [-0.1, -0.05) is 107 Å². The molecule has 5 heteroatoms. The number of para-hydroxylation sites is 1. The molecule has 0 bridgehead atoms. The van der Waals surface area contributed by atoms with Crippen LogP contribution in [0.4, 0.5) is 0 Å². The van der Waals surface area contributed by atoms with Crippen molar-refractivity contribution in [3.05, 3.63) is 102 Å². The molecule has 0 radical (unpaired) electrons. The maximum atomic E-state index is 13.5. The van der Waals surface area contributed by atoms with Crippen molar-refractivity contribution in [2.45, 2.75) is 45.2 Å². The Kier molecular flexibility index (Phi) is 9.11. The topological polar surface area (TPSA) is 59.1 Å². The second kappa shape index (κ2) is 12.2. The summed E-state index contributed by atoms with van der Waals surface area (Å²) in [6.45, 7) is 8.29. The zero-order chi connectivity index (χ0) is 24.5. The molecule has 1 unspecified atom stereocenters. The van der Waals surface area contributed by atoms with Crippen molar-refractivity contribution in [3.63, 3.8) is 0 Å². The third-order valence-corrected chi connectivity index (χ3v) is 7.00. The van der Waals surface area contributed by atoms with Crippen LogP contribution in [0.25, 0.3) is 22.2 Å². The summed E-state index contributed by atoms with van der Waals surface area (Å²) in [5.41, 5.74) is 4.67. The number of benzene rings is 3. The second-order valence-electron chi connectivity index (χ2n) is 7.94. The highest BCUT2D eigenvalue weighted by Crippen LogP contribution is 2.31. The van der Waals surface area contributed by atoms with E-state index in [0.717, 1.165) is 27.6 Å². The molecule has 0 aliphatic carbocycles. The number of hydrogen-bond acceptors (Lipinski definition) is 3. The summed E-state index contributed by atoms with van der Waals surface area (Å²) in [5, 5.41) is 3.81. The fourth-order valence-electron chi connectivity index (χ4n) is 3.66. The third kappa shape index (κ3) is 5.97. The summed E-state index contributed by atoms with van der Waals surface area (Å²) in [6, 6.07) is 27.3. The average Bonchev–Trinajstić information content (AvgIpc) is 2.89. The Balaban J connectivity index is 0.00000158. The molecule has 34 heavy (non-hydrogen) atoms. The van der Waals surface area contributed by atoms with Crippen LogP contribution in [0.2, 0.25) is 0 Å². The standard InChI is InChI=1S/C27H26N2O2S.C2H6/c1-19(2)32(31)18-23-25(27(30)28-17-20-11-5-3-6-12-20)22-15-9-10-16-24(22)29-26(23)21-13-7-4-8-14-21;1-2/h3-16,19H,17-18H2,1-2H3,(H,28,30);1-2H3.